The van der Waals surface area contributed by atoms with Gasteiger partial charge in [-0.3, -0.25) is 9.09 Å². The number of rotatable bonds is 3. The van der Waals surface area contributed by atoms with Crippen molar-refractivity contribution in [3.63, 3.8) is 0 Å². The largest absolute Gasteiger partial charge is 1.00 e. The molecule has 0 radical (unpaired) electrons. The van der Waals surface area contributed by atoms with E-state index >= 15 is 0 Å². The molecule has 11 heavy (non-hydrogen) atoms. The zero-order valence-electron chi connectivity index (χ0n) is 6.22. The van der Waals surface area contributed by atoms with Gasteiger partial charge in [0.05, 0.1) is 6.61 Å². The summed E-state index contributed by atoms with van der Waals surface area (Å²) >= 11 is 0. The molecule has 0 bridgehead atoms. The van der Waals surface area contributed by atoms with E-state index in [-0.39, 0.29) is 29.6 Å². The smallest absolute Gasteiger partial charge is 0.756 e. The first-order valence-electron chi connectivity index (χ1n) is 2.35. The Labute approximate surface area is 85.7 Å². The van der Waals surface area contributed by atoms with Crippen LogP contribution in [0.1, 0.15) is 6.92 Å². The van der Waals surface area contributed by atoms with Gasteiger partial charge in [0.15, 0.2) is 5.79 Å². The molecular formula is C3H8NaO6P. The molecule has 0 fully saturated rings. The summed E-state index contributed by atoms with van der Waals surface area (Å²) in [4.78, 5) is 17.9. The normalized spacial score (nSPS) is 21.2. The fraction of sp³-hybridized carbons (Fsp3) is 1.00. The SMILES string of the molecule is CC(O)(CO)OP(=O)([O-])O.[Na+]. The van der Waals surface area contributed by atoms with Crippen LogP contribution in [0.5, 0.6) is 0 Å². The van der Waals surface area contributed by atoms with Crippen molar-refractivity contribution in [2.75, 3.05) is 6.61 Å². The molecule has 0 aromatic carbocycles. The monoisotopic (exact) mass is 194 g/mol. The van der Waals surface area contributed by atoms with Crippen molar-refractivity contribution in [1.29, 1.82) is 0 Å². The van der Waals surface area contributed by atoms with Crippen LogP contribution in [0.25, 0.3) is 0 Å². The second-order valence-electron chi connectivity index (χ2n) is 1.89. The summed E-state index contributed by atoms with van der Waals surface area (Å²) in [6.07, 6.45) is 0. The maximum absolute atomic E-state index is 9.90. The molecule has 0 aliphatic carbocycles. The van der Waals surface area contributed by atoms with Crippen molar-refractivity contribution in [3.05, 3.63) is 0 Å². The zero-order valence-corrected chi connectivity index (χ0v) is 9.12. The molecule has 0 saturated heterocycles. The van der Waals surface area contributed by atoms with Gasteiger partial charge in [-0.25, -0.2) is 0 Å². The molecule has 0 amide bonds. The minimum Gasteiger partial charge on any atom is -0.756 e. The number of aliphatic hydroxyl groups excluding tert-OH is 1. The molecule has 62 valence electrons. The van der Waals surface area contributed by atoms with Crippen LogP contribution in [-0.2, 0) is 9.09 Å². The Morgan fingerprint density at radius 1 is 1.73 bits per heavy atom. The van der Waals surface area contributed by atoms with E-state index in [9.17, 15) is 9.46 Å². The summed E-state index contributed by atoms with van der Waals surface area (Å²) < 4.78 is 13.5. The topological polar surface area (TPSA) is 110 Å². The molecule has 8 heteroatoms. The molecule has 0 aliphatic heterocycles. The van der Waals surface area contributed by atoms with Crippen molar-refractivity contribution in [2.45, 2.75) is 12.7 Å². The first kappa shape index (κ1) is 14.5. The number of hydrogen-bond donors (Lipinski definition) is 3. The second kappa shape index (κ2) is 4.91. The first-order valence-corrected chi connectivity index (χ1v) is 3.84. The van der Waals surface area contributed by atoms with Crippen LogP contribution >= 0.6 is 7.82 Å². The summed E-state index contributed by atoms with van der Waals surface area (Å²) in [6, 6.07) is 0. The van der Waals surface area contributed by atoms with E-state index in [0.717, 1.165) is 6.92 Å². The van der Waals surface area contributed by atoms with Gasteiger partial charge in [-0.15, -0.1) is 0 Å². The molecule has 0 saturated carbocycles. The molecule has 0 rings (SSSR count). The molecule has 0 spiro atoms. The molecule has 2 unspecified atom stereocenters. The third kappa shape index (κ3) is 8.94. The van der Waals surface area contributed by atoms with Crippen molar-refractivity contribution >= 4 is 7.82 Å². The molecule has 0 heterocycles. The Morgan fingerprint density at radius 2 is 2.09 bits per heavy atom. The van der Waals surface area contributed by atoms with Crippen LogP contribution in [0.4, 0.5) is 0 Å². The van der Waals surface area contributed by atoms with Crippen LogP contribution < -0.4 is 34.5 Å². The van der Waals surface area contributed by atoms with Gasteiger partial charge in [-0.05, 0) is 6.92 Å². The average Bonchev–Trinajstić information content (AvgIpc) is 1.60. The first-order chi connectivity index (χ1) is 4.27. The van der Waals surface area contributed by atoms with Gasteiger partial charge in [0.25, 0.3) is 7.82 Å². The quantitative estimate of drug-likeness (QED) is 0.236. The third-order valence-corrected chi connectivity index (χ3v) is 1.23. The third-order valence-electron chi connectivity index (χ3n) is 0.605. The average molecular weight is 194 g/mol. The van der Waals surface area contributed by atoms with Crippen molar-refractivity contribution < 1.29 is 58.6 Å². The Bertz CT molecular complexity index is 152. The van der Waals surface area contributed by atoms with E-state index in [1.54, 1.807) is 0 Å². The van der Waals surface area contributed by atoms with Crippen molar-refractivity contribution in [1.82, 2.24) is 0 Å². The van der Waals surface area contributed by atoms with Gasteiger partial charge in [-0.2, -0.15) is 0 Å². The van der Waals surface area contributed by atoms with Crippen LogP contribution in [0, 0.1) is 0 Å². The summed E-state index contributed by atoms with van der Waals surface area (Å²) in [5, 5.41) is 16.9. The van der Waals surface area contributed by atoms with Gasteiger partial charge in [0.2, 0.25) is 0 Å². The minimum absolute atomic E-state index is 0. The summed E-state index contributed by atoms with van der Waals surface area (Å²) in [6.45, 7) is -0.0203. The predicted molar refractivity (Wildman–Crippen MR) is 28.6 cm³/mol. The summed E-state index contributed by atoms with van der Waals surface area (Å²) in [5.41, 5.74) is 0. The van der Waals surface area contributed by atoms with E-state index < -0.39 is 20.2 Å². The van der Waals surface area contributed by atoms with Crippen LogP contribution in [-0.4, -0.2) is 27.5 Å². The van der Waals surface area contributed by atoms with Gasteiger partial charge in [0.1, 0.15) is 0 Å². The standard InChI is InChI=1S/C3H9O6P.Na/c1-3(5,2-4)9-10(6,7)8;/h4-5H,2H2,1H3,(H2,6,7,8);/q;+1/p-1. The van der Waals surface area contributed by atoms with Crippen LogP contribution in [0.15, 0.2) is 0 Å². The van der Waals surface area contributed by atoms with E-state index in [1.165, 1.54) is 0 Å². The van der Waals surface area contributed by atoms with E-state index in [4.69, 9.17) is 15.1 Å². The Morgan fingerprint density at radius 3 is 2.18 bits per heavy atom. The fourth-order valence-electron chi connectivity index (χ4n) is 0.277. The number of hydrogen-bond acceptors (Lipinski definition) is 5. The van der Waals surface area contributed by atoms with Crippen LogP contribution in [0.3, 0.4) is 0 Å². The molecule has 0 aromatic heterocycles. The maximum Gasteiger partial charge on any atom is 1.00 e. The molecule has 3 N–H and O–H groups in total. The molecule has 2 atom stereocenters. The van der Waals surface area contributed by atoms with E-state index in [1.807, 2.05) is 0 Å². The Hall–Kier alpha value is 1.03. The minimum atomic E-state index is -4.96. The number of phosphoric ester groups is 1. The van der Waals surface area contributed by atoms with Crippen molar-refractivity contribution in [2.24, 2.45) is 0 Å². The Kier molecular flexibility index (Phi) is 6.50. The molecular weight excluding hydrogens is 186 g/mol. The van der Waals surface area contributed by atoms with Crippen LogP contribution in [0.2, 0.25) is 0 Å². The zero-order chi connectivity index (χ0) is 8.41. The maximum atomic E-state index is 9.90. The van der Waals surface area contributed by atoms with E-state index in [2.05, 4.69) is 4.52 Å². The number of aliphatic hydroxyl groups is 2. The van der Waals surface area contributed by atoms with Gasteiger partial charge < -0.3 is 20.0 Å². The second-order valence-corrected chi connectivity index (χ2v) is 3.01. The number of phosphoric acid groups is 1. The van der Waals surface area contributed by atoms with Crippen molar-refractivity contribution in [3.8, 4) is 0 Å². The molecule has 6 nitrogen and oxygen atoms in total. The molecule has 0 aromatic rings. The fourth-order valence-corrected chi connectivity index (χ4v) is 0.832. The van der Waals surface area contributed by atoms with Gasteiger partial charge in [-0.1, -0.05) is 0 Å². The molecule has 0 aliphatic rings. The van der Waals surface area contributed by atoms with Gasteiger partial charge in [0, 0.05) is 0 Å². The van der Waals surface area contributed by atoms with E-state index in [0.29, 0.717) is 0 Å². The summed E-state index contributed by atoms with van der Waals surface area (Å²) in [5.74, 6) is -2.24. The Balaban J connectivity index is 0. The van der Waals surface area contributed by atoms with Gasteiger partial charge >= 0.3 is 29.6 Å². The summed E-state index contributed by atoms with van der Waals surface area (Å²) in [7, 11) is -4.96. The predicted octanol–water partition coefficient (Wildman–Crippen LogP) is -4.83.